The van der Waals surface area contributed by atoms with Crippen molar-refractivity contribution < 1.29 is 19.4 Å². The van der Waals surface area contributed by atoms with Crippen molar-refractivity contribution in [3.05, 3.63) is 34.9 Å². The van der Waals surface area contributed by atoms with Crippen molar-refractivity contribution in [3.8, 4) is 0 Å². The van der Waals surface area contributed by atoms with Crippen LogP contribution in [-0.2, 0) is 20.7 Å². The number of hydrogen-bond donors (Lipinski definition) is 1. The van der Waals surface area contributed by atoms with Crippen molar-refractivity contribution in [2.75, 3.05) is 6.61 Å². The standard InChI is InChI=1S/C12H13ClO4/c1-2-17-12(16)10(11(14)15)7-8-3-5-9(13)6-4-8/h3-6,10H,2,7H2,1H3,(H,14,15). The van der Waals surface area contributed by atoms with Gasteiger partial charge in [-0.15, -0.1) is 0 Å². The predicted molar refractivity (Wildman–Crippen MR) is 62.9 cm³/mol. The van der Waals surface area contributed by atoms with E-state index in [4.69, 9.17) is 21.4 Å². The largest absolute Gasteiger partial charge is 0.481 e. The third-order valence-corrected chi connectivity index (χ3v) is 2.47. The number of carboxylic acids is 1. The van der Waals surface area contributed by atoms with Crippen molar-refractivity contribution in [2.45, 2.75) is 13.3 Å². The number of esters is 1. The molecule has 0 heterocycles. The number of carbonyl (C=O) groups excluding carboxylic acids is 1. The van der Waals surface area contributed by atoms with Gasteiger partial charge in [0.2, 0.25) is 0 Å². The molecular weight excluding hydrogens is 244 g/mol. The molecule has 92 valence electrons. The van der Waals surface area contributed by atoms with E-state index >= 15 is 0 Å². The fourth-order valence-corrected chi connectivity index (χ4v) is 1.50. The summed E-state index contributed by atoms with van der Waals surface area (Å²) >= 11 is 5.72. The fourth-order valence-electron chi connectivity index (χ4n) is 1.37. The summed E-state index contributed by atoms with van der Waals surface area (Å²) in [5, 5.41) is 9.53. The number of carbonyl (C=O) groups is 2. The van der Waals surface area contributed by atoms with Crippen LogP contribution in [0.2, 0.25) is 5.02 Å². The van der Waals surface area contributed by atoms with Crippen LogP contribution in [-0.4, -0.2) is 23.7 Å². The summed E-state index contributed by atoms with van der Waals surface area (Å²) in [5.41, 5.74) is 0.731. The van der Waals surface area contributed by atoms with Gasteiger partial charge in [0.15, 0.2) is 5.92 Å². The molecule has 0 radical (unpaired) electrons. The van der Waals surface area contributed by atoms with Crippen LogP contribution < -0.4 is 0 Å². The summed E-state index contributed by atoms with van der Waals surface area (Å²) in [4.78, 5) is 22.4. The fraction of sp³-hybridized carbons (Fsp3) is 0.333. The highest BCUT2D eigenvalue weighted by Crippen LogP contribution is 2.14. The van der Waals surface area contributed by atoms with Gasteiger partial charge in [0.25, 0.3) is 0 Å². The molecular formula is C12H13ClO4. The molecule has 0 bridgehead atoms. The lowest BCUT2D eigenvalue weighted by atomic mass is 10.00. The number of carboxylic acid groups (broad SMARTS) is 1. The zero-order valence-corrected chi connectivity index (χ0v) is 10.1. The van der Waals surface area contributed by atoms with E-state index in [0.717, 1.165) is 5.56 Å². The second kappa shape index (κ2) is 6.25. The number of ether oxygens (including phenoxy) is 1. The number of aliphatic carboxylic acids is 1. The maximum absolute atomic E-state index is 11.4. The number of halogens is 1. The summed E-state index contributed by atoms with van der Waals surface area (Å²) in [5.74, 6) is -3.07. The smallest absolute Gasteiger partial charge is 0.320 e. The van der Waals surface area contributed by atoms with Crippen molar-refractivity contribution in [1.29, 1.82) is 0 Å². The second-order valence-electron chi connectivity index (χ2n) is 3.47. The number of rotatable bonds is 5. The highest BCUT2D eigenvalue weighted by Gasteiger charge is 2.27. The molecule has 0 aliphatic carbocycles. The molecule has 1 rings (SSSR count). The van der Waals surface area contributed by atoms with Crippen LogP contribution in [0.25, 0.3) is 0 Å². The summed E-state index contributed by atoms with van der Waals surface area (Å²) in [6.07, 6.45) is 0.103. The van der Waals surface area contributed by atoms with Crippen molar-refractivity contribution in [2.24, 2.45) is 5.92 Å². The van der Waals surface area contributed by atoms with E-state index in [1.807, 2.05) is 0 Å². The Labute approximate surface area is 104 Å². The van der Waals surface area contributed by atoms with E-state index in [2.05, 4.69) is 0 Å². The molecule has 4 nitrogen and oxygen atoms in total. The van der Waals surface area contributed by atoms with Gasteiger partial charge in [-0.05, 0) is 31.0 Å². The van der Waals surface area contributed by atoms with Gasteiger partial charge in [0.1, 0.15) is 0 Å². The van der Waals surface area contributed by atoms with Crippen LogP contribution in [0.1, 0.15) is 12.5 Å². The average Bonchev–Trinajstić information content (AvgIpc) is 2.28. The third-order valence-electron chi connectivity index (χ3n) is 2.22. The lowest BCUT2D eigenvalue weighted by Gasteiger charge is -2.11. The monoisotopic (exact) mass is 256 g/mol. The second-order valence-corrected chi connectivity index (χ2v) is 3.91. The van der Waals surface area contributed by atoms with Gasteiger partial charge in [0, 0.05) is 5.02 Å². The molecule has 17 heavy (non-hydrogen) atoms. The minimum absolute atomic E-state index is 0.103. The van der Waals surface area contributed by atoms with Crippen molar-refractivity contribution >= 4 is 23.5 Å². The van der Waals surface area contributed by atoms with Crippen molar-refractivity contribution in [3.63, 3.8) is 0 Å². The molecule has 0 aliphatic heterocycles. The Kier molecular flexibility index (Phi) is 4.97. The Hall–Kier alpha value is -1.55. The first kappa shape index (κ1) is 13.5. The lowest BCUT2D eigenvalue weighted by Crippen LogP contribution is -2.27. The highest BCUT2D eigenvalue weighted by molar-refractivity contribution is 6.30. The van der Waals surface area contributed by atoms with Gasteiger partial charge >= 0.3 is 11.9 Å². The molecule has 0 saturated heterocycles. The number of hydrogen-bond acceptors (Lipinski definition) is 3. The lowest BCUT2D eigenvalue weighted by molar-refractivity contribution is -0.158. The maximum Gasteiger partial charge on any atom is 0.320 e. The molecule has 0 fully saturated rings. The zero-order chi connectivity index (χ0) is 12.8. The van der Waals surface area contributed by atoms with Crippen LogP contribution in [0, 0.1) is 5.92 Å². The SMILES string of the molecule is CCOC(=O)C(Cc1ccc(Cl)cc1)C(=O)O. The number of benzene rings is 1. The first-order valence-corrected chi connectivity index (χ1v) is 5.56. The summed E-state index contributed by atoms with van der Waals surface area (Å²) in [6, 6.07) is 6.69. The van der Waals surface area contributed by atoms with E-state index in [1.54, 1.807) is 31.2 Å². The van der Waals surface area contributed by atoms with Gasteiger partial charge < -0.3 is 9.84 Å². The first-order chi connectivity index (χ1) is 8.04. The predicted octanol–water partition coefficient (Wildman–Crippen LogP) is 2.15. The molecule has 0 spiro atoms. The molecule has 1 atom stereocenters. The van der Waals surface area contributed by atoms with Gasteiger partial charge in [-0.2, -0.15) is 0 Å². The van der Waals surface area contributed by atoms with Crippen molar-refractivity contribution in [1.82, 2.24) is 0 Å². The van der Waals surface area contributed by atoms with Gasteiger partial charge in [0.05, 0.1) is 6.61 Å². The molecule has 1 unspecified atom stereocenters. The maximum atomic E-state index is 11.4. The molecule has 1 aromatic carbocycles. The van der Waals surface area contributed by atoms with E-state index in [9.17, 15) is 9.59 Å². The van der Waals surface area contributed by atoms with Gasteiger partial charge in [-0.1, -0.05) is 23.7 Å². The minimum atomic E-state index is -1.18. The van der Waals surface area contributed by atoms with Crippen LogP contribution >= 0.6 is 11.6 Å². The highest BCUT2D eigenvalue weighted by atomic mass is 35.5. The topological polar surface area (TPSA) is 63.6 Å². The Morgan fingerprint density at radius 1 is 1.35 bits per heavy atom. The Balaban J connectivity index is 2.76. The molecule has 0 aliphatic rings. The summed E-state index contributed by atoms with van der Waals surface area (Å²) in [7, 11) is 0. The van der Waals surface area contributed by atoms with Gasteiger partial charge in [-0.25, -0.2) is 0 Å². The van der Waals surface area contributed by atoms with Crippen LogP contribution in [0.3, 0.4) is 0 Å². The molecule has 5 heteroatoms. The quantitative estimate of drug-likeness (QED) is 0.648. The van der Waals surface area contributed by atoms with Crippen LogP contribution in [0.4, 0.5) is 0 Å². The van der Waals surface area contributed by atoms with E-state index in [0.29, 0.717) is 5.02 Å². The van der Waals surface area contributed by atoms with E-state index in [1.165, 1.54) is 0 Å². The van der Waals surface area contributed by atoms with Crippen LogP contribution in [0.5, 0.6) is 0 Å². The first-order valence-electron chi connectivity index (χ1n) is 5.18. The molecule has 1 N–H and O–H groups in total. The van der Waals surface area contributed by atoms with Gasteiger partial charge in [-0.3, -0.25) is 9.59 Å². The summed E-state index contributed by atoms with van der Waals surface area (Å²) < 4.78 is 4.72. The average molecular weight is 257 g/mol. The Morgan fingerprint density at radius 2 is 1.94 bits per heavy atom. The molecule has 0 aromatic heterocycles. The summed E-state index contributed by atoms with van der Waals surface area (Å²) in [6.45, 7) is 1.81. The van der Waals surface area contributed by atoms with Crippen LogP contribution in [0.15, 0.2) is 24.3 Å². The normalized spacial score (nSPS) is 11.9. The molecule has 0 saturated carbocycles. The molecule has 0 amide bonds. The minimum Gasteiger partial charge on any atom is -0.481 e. The Bertz CT molecular complexity index is 399. The third kappa shape index (κ3) is 4.07. The van der Waals surface area contributed by atoms with E-state index < -0.39 is 17.9 Å². The molecule has 1 aromatic rings. The van der Waals surface area contributed by atoms with E-state index in [-0.39, 0.29) is 13.0 Å². The Morgan fingerprint density at radius 3 is 2.41 bits per heavy atom. The zero-order valence-electron chi connectivity index (χ0n) is 9.35.